The molecule has 0 aliphatic rings. The Morgan fingerprint density at radius 1 is 0.857 bits per heavy atom. The summed E-state index contributed by atoms with van der Waals surface area (Å²) >= 11 is 1.90. The van der Waals surface area contributed by atoms with Crippen LogP contribution in [0.15, 0.2) is 53.4 Å². The molecule has 0 aliphatic carbocycles. The molecule has 0 N–H and O–H groups in total. The van der Waals surface area contributed by atoms with Gasteiger partial charge in [-0.1, -0.05) is 25.5 Å². The van der Waals surface area contributed by atoms with Crippen LogP contribution < -0.4 is 9.47 Å². The predicted molar refractivity (Wildman–Crippen MR) is 89.5 cm³/mol. The van der Waals surface area contributed by atoms with Gasteiger partial charge in [0.15, 0.2) is 0 Å². The Morgan fingerprint density at radius 2 is 1.38 bits per heavy atom. The third kappa shape index (κ3) is 4.43. The molecule has 2 nitrogen and oxygen atoms in total. The quantitative estimate of drug-likeness (QED) is 0.643. The molecule has 2 aromatic rings. The molecule has 0 aromatic heterocycles. The monoisotopic (exact) mass is 302 g/mol. The molecule has 2 rings (SSSR count). The molecule has 0 amide bonds. The molecule has 0 radical (unpaired) electrons. The van der Waals surface area contributed by atoms with Gasteiger partial charge >= 0.3 is 0 Å². The minimum absolute atomic E-state index is 0.467. The Morgan fingerprint density at radius 3 is 1.86 bits per heavy atom. The fraction of sp³-hybridized carbons (Fsp3) is 0.333. The van der Waals surface area contributed by atoms with Crippen LogP contribution in [0.1, 0.15) is 30.6 Å². The van der Waals surface area contributed by atoms with Crippen molar-refractivity contribution < 1.29 is 9.47 Å². The Hall–Kier alpha value is -1.61. The number of ether oxygens (including phenoxy) is 2. The van der Waals surface area contributed by atoms with E-state index in [0.29, 0.717) is 5.25 Å². The first-order chi connectivity index (χ1) is 10.3. The van der Waals surface area contributed by atoms with E-state index >= 15 is 0 Å². The average Bonchev–Trinajstić information content (AvgIpc) is 2.55. The van der Waals surface area contributed by atoms with Gasteiger partial charge in [0.05, 0.1) is 14.2 Å². The first-order valence-corrected chi connectivity index (χ1v) is 8.09. The molecule has 0 heterocycles. The predicted octanol–water partition coefficient (Wildman–Crippen LogP) is 5.34. The minimum Gasteiger partial charge on any atom is -0.497 e. The largest absolute Gasteiger partial charge is 0.497 e. The smallest absolute Gasteiger partial charge is 0.118 e. The van der Waals surface area contributed by atoms with Gasteiger partial charge in [0.1, 0.15) is 11.5 Å². The Bertz CT molecular complexity index is 534. The van der Waals surface area contributed by atoms with Crippen molar-refractivity contribution in [1.82, 2.24) is 0 Å². The second kappa shape index (κ2) is 7.99. The molecule has 0 saturated carbocycles. The van der Waals surface area contributed by atoms with Gasteiger partial charge in [-0.25, -0.2) is 0 Å². The van der Waals surface area contributed by atoms with Crippen molar-refractivity contribution in [3.05, 3.63) is 54.1 Å². The van der Waals surface area contributed by atoms with E-state index in [1.165, 1.54) is 16.9 Å². The molecule has 112 valence electrons. The summed E-state index contributed by atoms with van der Waals surface area (Å²) in [5.74, 6) is 1.80. The summed E-state index contributed by atoms with van der Waals surface area (Å²) in [4.78, 5) is 1.27. The SMILES string of the molecule is CCCC(Sc1ccc(OC)cc1)c1ccc(OC)cc1. The highest BCUT2D eigenvalue weighted by atomic mass is 32.2. The highest BCUT2D eigenvalue weighted by Crippen LogP contribution is 2.39. The number of hydrogen-bond acceptors (Lipinski definition) is 3. The minimum atomic E-state index is 0.467. The molecular formula is C18H22O2S. The van der Waals surface area contributed by atoms with Gasteiger partial charge in [-0.3, -0.25) is 0 Å². The Labute approximate surface area is 131 Å². The van der Waals surface area contributed by atoms with Crippen molar-refractivity contribution in [3.63, 3.8) is 0 Å². The Balaban J connectivity index is 2.13. The van der Waals surface area contributed by atoms with Crippen LogP contribution in [0.4, 0.5) is 0 Å². The fourth-order valence-electron chi connectivity index (χ4n) is 2.19. The van der Waals surface area contributed by atoms with E-state index in [1.54, 1.807) is 14.2 Å². The van der Waals surface area contributed by atoms with Crippen molar-refractivity contribution in [1.29, 1.82) is 0 Å². The van der Waals surface area contributed by atoms with Crippen molar-refractivity contribution in [3.8, 4) is 11.5 Å². The maximum atomic E-state index is 5.23. The highest BCUT2D eigenvalue weighted by Gasteiger charge is 2.12. The zero-order chi connectivity index (χ0) is 15.1. The maximum Gasteiger partial charge on any atom is 0.118 e. The van der Waals surface area contributed by atoms with Crippen molar-refractivity contribution >= 4 is 11.8 Å². The molecule has 1 atom stereocenters. The summed E-state index contributed by atoms with van der Waals surface area (Å²) in [6.07, 6.45) is 2.32. The third-order valence-corrected chi connectivity index (χ3v) is 4.71. The number of thioether (sulfide) groups is 1. The van der Waals surface area contributed by atoms with Crippen LogP contribution >= 0.6 is 11.8 Å². The van der Waals surface area contributed by atoms with Gasteiger partial charge in [-0.15, -0.1) is 11.8 Å². The number of rotatable bonds is 7. The molecule has 2 aromatic carbocycles. The van der Waals surface area contributed by atoms with E-state index in [4.69, 9.17) is 9.47 Å². The number of methoxy groups -OCH3 is 2. The van der Waals surface area contributed by atoms with Gasteiger partial charge in [0.25, 0.3) is 0 Å². The lowest BCUT2D eigenvalue weighted by molar-refractivity contribution is 0.414. The first kappa shape index (κ1) is 15.8. The zero-order valence-corrected chi connectivity index (χ0v) is 13.7. The Kier molecular flexibility index (Phi) is 6.00. The van der Waals surface area contributed by atoms with Crippen LogP contribution in [-0.2, 0) is 0 Å². The van der Waals surface area contributed by atoms with Gasteiger partial charge in [0, 0.05) is 10.1 Å². The second-order valence-electron chi connectivity index (χ2n) is 4.84. The molecule has 21 heavy (non-hydrogen) atoms. The molecule has 0 aliphatic heterocycles. The normalized spacial score (nSPS) is 12.0. The van der Waals surface area contributed by atoms with Crippen LogP contribution in [-0.4, -0.2) is 14.2 Å². The van der Waals surface area contributed by atoms with Gasteiger partial charge in [-0.05, 0) is 48.4 Å². The van der Waals surface area contributed by atoms with E-state index in [9.17, 15) is 0 Å². The van der Waals surface area contributed by atoms with E-state index in [2.05, 4.69) is 31.2 Å². The summed E-state index contributed by atoms with van der Waals surface area (Å²) in [6.45, 7) is 2.23. The summed E-state index contributed by atoms with van der Waals surface area (Å²) in [5.41, 5.74) is 1.35. The molecule has 0 saturated heterocycles. The van der Waals surface area contributed by atoms with Crippen LogP contribution in [0.5, 0.6) is 11.5 Å². The summed E-state index contributed by atoms with van der Waals surface area (Å²) in [7, 11) is 3.39. The topological polar surface area (TPSA) is 18.5 Å². The average molecular weight is 302 g/mol. The summed E-state index contributed by atoms with van der Waals surface area (Å²) in [5, 5.41) is 0.467. The molecule has 1 unspecified atom stereocenters. The second-order valence-corrected chi connectivity index (χ2v) is 6.12. The van der Waals surface area contributed by atoms with E-state index in [-0.39, 0.29) is 0 Å². The van der Waals surface area contributed by atoms with Gasteiger partial charge in [-0.2, -0.15) is 0 Å². The molecule has 0 bridgehead atoms. The maximum absolute atomic E-state index is 5.23. The summed E-state index contributed by atoms with van der Waals surface area (Å²) < 4.78 is 10.4. The molecule has 0 spiro atoms. The van der Waals surface area contributed by atoms with E-state index in [1.807, 2.05) is 36.0 Å². The van der Waals surface area contributed by atoms with Crippen LogP contribution in [0.2, 0.25) is 0 Å². The van der Waals surface area contributed by atoms with Crippen molar-refractivity contribution in [2.45, 2.75) is 29.9 Å². The molecule has 3 heteroatoms. The van der Waals surface area contributed by atoms with Gasteiger partial charge in [0.2, 0.25) is 0 Å². The van der Waals surface area contributed by atoms with E-state index in [0.717, 1.165) is 17.9 Å². The molecular weight excluding hydrogens is 280 g/mol. The van der Waals surface area contributed by atoms with Crippen LogP contribution in [0.25, 0.3) is 0 Å². The van der Waals surface area contributed by atoms with Crippen molar-refractivity contribution in [2.75, 3.05) is 14.2 Å². The third-order valence-electron chi connectivity index (χ3n) is 3.38. The lowest BCUT2D eigenvalue weighted by Crippen LogP contribution is -1.94. The first-order valence-electron chi connectivity index (χ1n) is 7.21. The van der Waals surface area contributed by atoms with Gasteiger partial charge < -0.3 is 9.47 Å². The van der Waals surface area contributed by atoms with Crippen LogP contribution in [0.3, 0.4) is 0 Å². The lowest BCUT2D eigenvalue weighted by atomic mass is 10.1. The van der Waals surface area contributed by atoms with E-state index < -0.39 is 0 Å². The molecule has 0 fully saturated rings. The van der Waals surface area contributed by atoms with Crippen molar-refractivity contribution in [2.24, 2.45) is 0 Å². The fourth-order valence-corrected chi connectivity index (χ4v) is 3.46. The van der Waals surface area contributed by atoms with Crippen LogP contribution in [0, 0.1) is 0 Å². The highest BCUT2D eigenvalue weighted by molar-refractivity contribution is 7.99. The number of benzene rings is 2. The lowest BCUT2D eigenvalue weighted by Gasteiger charge is -2.17. The summed E-state index contributed by atoms with van der Waals surface area (Å²) in [6, 6.07) is 16.7. The zero-order valence-electron chi connectivity index (χ0n) is 12.8. The number of hydrogen-bond donors (Lipinski definition) is 0. The standard InChI is InChI=1S/C18H22O2S/c1-4-5-18(14-6-8-15(19-2)9-7-14)21-17-12-10-16(20-3)11-13-17/h6-13,18H,4-5H2,1-3H3.